The van der Waals surface area contributed by atoms with Crippen molar-refractivity contribution in [3.05, 3.63) is 95.9 Å². The molecule has 5 aromatic rings. The molecule has 0 radical (unpaired) electrons. The second-order valence-electron chi connectivity index (χ2n) is 9.72. The third-order valence-electron chi connectivity index (χ3n) is 7.29. The number of ketones is 1. The summed E-state index contributed by atoms with van der Waals surface area (Å²) in [6.45, 7) is 2.91. The van der Waals surface area contributed by atoms with Crippen LogP contribution in [-0.2, 0) is 4.79 Å². The monoisotopic (exact) mass is 549 g/mol. The van der Waals surface area contributed by atoms with E-state index < -0.39 is 17.5 Å². The van der Waals surface area contributed by atoms with Crippen LogP contribution in [0.1, 0.15) is 22.8 Å². The lowest BCUT2D eigenvalue weighted by Crippen LogP contribution is -2.57. The fourth-order valence-electron chi connectivity index (χ4n) is 5.36. The lowest BCUT2D eigenvalue weighted by atomic mass is 10.0. The number of nitriles is 1. The Morgan fingerprint density at radius 2 is 1.85 bits per heavy atom. The zero-order valence-electron chi connectivity index (χ0n) is 21.6. The number of nitrogens with one attached hydrogen (secondary N) is 1. The van der Waals surface area contributed by atoms with Crippen molar-refractivity contribution in [2.45, 2.75) is 13.0 Å². The van der Waals surface area contributed by atoms with E-state index in [2.05, 4.69) is 9.98 Å². The number of nitrogens with zero attached hydrogens (tertiary/aromatic N) is 4. The predicted molar refractivity (Wildman–Crippen MR) is 155 cm³/mol. The second kappa shape index (κ2) is 10.4. The van der Waals surface area contributed by atoms with Crippen LogP contribution in [0.3, 0.4) is 0 Å². The molecule has 1 amide bonds. The first-order chi connectivity index (χ1) is 19.5. The summed E-state index contributed by atoms with van der Waals surface area (Å²) in [6.07, 6.45) is 3.30. The maximum Gasteiger partial charge on any atom is 0.295 e. The smallest absolute Gasteiger partial charge is 0.295 e. The highest BCUT2D eigenvalue weighted by molar-refractivity contribution is 7.22. The zero-order valence-corrected chi connectivity index (χ0v) is 22.4. The van der Waals surface area contributed by atoms with Gasteiger partial charge in [0.15, 0.2) is 0 Å². The van der Waals surface area contributed by atoms with E-state index in [0.29, 0.717) is 24.4 Å². The summed E-state index contributed by atoms with van der Waals surface area (Å²) in [5.41, 5.74) is 2.08. The van der Waals surface area contributed by atoms with Gasteiger partial charge in [-0.05, 0) is 36.6 Å². The standard InChI is InChI=1S/C31H24FN5O2S/c1-19-17-36(30(35-18-33)20-7-3-2-4-8-20)13-14-37(19)31(39)29(38)23-16-34-28-22(11-12-24(32)27(23)28)26-15-21-9-5-6-10-25(21)40-26/h2-12,15-16,19,34H,13-14,17H2,1H3/b35-30+/t19-/m0/s1. The number of amides is 1. The average Bonchev–Trinajstić information content (AvgIpc) is 3.61. The summed E-state index contributed by atoms with van der Waals surface area (Å²) in [6, 6.07) is 22.1. The summed E-state index contributed by atoms with van der Waals surface area (Å²) >= 11 is 1.59. The number of halogens is 1. The van der Waals surface area contributed by atoms with Gasteiger partial charge in [0, 0.05) is 58.0 Å². The molecule has 0 unspecified atom stereocenters. The van der Waals surface area contributed by atoms with E-state index in [1.54, 1.807) is 17.4 Å². The Morgan fingerprint density at radius 1 is 1.07 bits per heavy atom. The van der Waals surface area contributed by atoms with Gasteiger partial charge in [-0.1, -0.05) is 48.5 Å². The molecule has 9 heteroatoms. The molecule has 1 saturated heterocycles. The van der Waals surface area contributed by atoms with Crippen LogP contribution in [-0.4, -0.2) is 58.0 Å². The number of thiophene rings is 1. The molecular formula is C31H24FN5O2S. The first kappa shape index (κ1) is 25.5. The molecule has 0 saturated carbocycles. The summed E-state index contributed by atoms with van der Waals surface area (Å²) in [4.78, 5) is 38.4. The molecule has 198 valence electrons. The number of benzene rings is 3. The SMILES string of the molecule is C[C@H]1CN(/C(=N/C#N)c2ccccc2)CCN1C(=O)C(=O)c1c[nH]c2c(-c3cc4ccccc4s3)ccc(F)c12. The average molecular weight is 550 g/mol. The summed E-state index contributed by atoms with van der Waals surface area (Å²) in [5, 5.41) is 10.4. The van der Waals surface area contributed by atoms with Crippen LogP contribution in [0.2, 0.25) is 0 Å². The van der Waals surface area contributed by atoms with Gasteiger partial charge in [-0.15, -0.1) is 11.3 Å². The molecule has 3 aromatic carbocycles. The van der Waals surface area contributed by atoms with Crippen LogP contribution < -0.4 is 0 Å². The Labute approximate surface area is 233 Å². The molecule has 1 N–H and O–H groups in total. The number of piperazine rings is 1. The van der Waals surface area contributed by atoms with Crippen LogP contribution in [0.25, 0.3) is 31.4 Å². The number of carbonyl (C=O) groups is 2. The van der Waals surface area contributed by atoms with E-state index >= 15 is 4.39 Å². The largest absolute Gasteiger partial charge is 0.360 e. The van der Waals surface area contributed by atoms with Gasteiger partial charge < -0.3 is 14.8 Å². The van der Waals surface area contributed by atoms with E-state index in [9.17, 15) is 14.9 Å². The quantitative estimate of drug-likeness (QED) is 0.100. The topological polar surface area (TPSA) is 92.6 Å². The summed E-state index contributed by atoms with van der Waals surface area (Å²) in [7, 11) is 0. The predicted octanol–water partition coefficient (Wildman–Crippen LogP) is 5.83. The van der Waals surface area contributed by atoms with E-state index in [4.69, 9.17) is 0 Å². The number of aliphatic imine (C=N–C) groups is 1. The van der Waals surface area contributed by atoms with Crippen molar-refractivity contribution in [1.82, 2.24) is 14.8 Å². The fraction of sp³-hybridized carbons (Fsp3) is 0.161. The molecule has 1 aliphatic heterocycles. The Balaban J connectivity index is 1.27. The minimum absolute atomic E-state index is 0.0195. The van der Waals surface area contributed by atoms with Gasteiger partial charge in [0.25, 0.3) is 11.7 Å². The van der Waals surface area contributed by atoms with Gasteiger partial charge in [0.2, 0.25) is 6.19 Å². The number of aromatic amines is 1. The normalized spacial score (nSPS) is 15.9. The van der Waals surface area contributed by atoms with Crippen molar-refractivity contribution in [3.8, 4) is 16.6 Å². The number of hydrogen-bond acceptors (Lipinski definition) is 5. The minimum atomic E-state index is -0.757. The lowest BCUT2D eigenvalue weighted by molar-refractivity contribution is -0.130. The lowest BCUT2D eigenvalue weighted by Gasteiger charge is -2.40. The highest BCUT2D eigenvalue weighted by Crippen LogP contribution is 2.38. The molecule has 6 rings (SSSR count). The first-order valence-corrected chi connectivity index (χ1v) is 13.7. The van der Waals surface area contributed by atoms with Crippen LogP contribution >= 0.6 is 11.3 Å². The van der Waals surface area contributed by atoms with Gasteiger partial charge in [-0.25, -0.2) is 4.39 Å². The van der Waals surface area contributed by atoms with Gasteiger partial charge in [0.05, 0.1) is 11.1 Å². The zero-order chi connectivity index (χ0) is 27.8. The maximum absolute atomic E-state index is 15.2. The fourth-order valence-corrected chi connectivity index (χ4v) is 6.45. The van der Waals surface area contributed by atoms with Crippen molar-refractivity contribution in [3.63, 3.8) is 0 Å². The van der Waals surface area contributed by atoms with Crippen LogP contribution in [0, 0.1) is 17.3 Å². The van der Waals surface area contributed by atoms with Crippen molar-refractivity contribution in [2.24, 2.45) is 4.99 Å². The van der Waals surface area contributed by atoms with E-state index in [1.807, 2.05) is 78.7 Å². The minimum Gasteiger partial charge on any atom is -0.360 e. The Morgan fingerprint density at radius 3 is 2.60 bits per heavy atom. The number of rotatable bonds is 4. The molecule has 0 spiro atoms. The number of carbonyl (C=O) groups excluding carboxylic acids is 2. The number of Topliss-reactive ketones (excluding diaryl/α,β-unsaturated/α-hetero) is 1. The van der Waals surface area contributed by atoms with Crippen molar-refractivity contribution >= 4 is 49.9 Å². The number of fused-ring (bicyclic) bond motifs is 2. The van der Waals surface area contributed by atoms with Crippen molar-refractivity contribution in [1.29, 1.82) is 5.26 Å². The van der Waals surface area contributed by atoms with E-state index in [-0.39, 0.29) is 23.5 Å². The molecular weight excluding hydrogens is 525 g/mol. The Bertz CT molecular complexity index is 1800. The molecule has 40 heavy (non-hydrogen) atoms. The van der Waals surface area contributed by atoms with Gasteiger partial charge >= 0.3 is 0 Å². The molecule has 1 fully saturated rings. The van der Waals surface area contributed by atoms with Crippen LogP contribution in [0.15, 0.2) is 84.0 Å². The third-order valence-corrected chi connectivity index (χ3v) is 8.44. The van der Waals surface area contributed by atoms with Gasteiger partial charge in [-0.2, -0.15) is 10.3 Å². The molecule has 1 aliphatic rings. The van der Waals surface area contributed by atoms with E-state index in [0.717, 1.165) is 26.1 Å². The van der Waals surface area contributed by atoms with Crippen molar-refractivity contribution in [2.75, 3.05) is 19.6 Å². The molecule has 1 atom stereocenters. The number of hydrogen-bond donors (Lipinski definition) is 1. The van der Waals surface area contributed by atoms with Crippen molar-refractivity contribution < 1.29 is 14.0 Å². The summed E-state index contributed by atoms with van der Waals surface area (Å²) < 4.78 is 16.3. The van der Waals surface area contributed by atoms with E-state index in [1.165, 1.54) is 17.2 Å². The highest BCUT2D eigenvalue weighted by atomic mass is 32.1. The third kappa shape index (κ3) is 4.42. The maximum atomic E-state index is 15.2. The Kier molecular flexibility index (Phi) is 6.62. The van der Waals surface area contributed by atoms with Gasteiger partial charge in [0.1, 0.15) is 11.7 Å². The second-order valence-corrected chi connectivity index (χ2v) is 10.8. The molecule has 2 aromatic heterocycles. The number of H-pyrrole nitrogens is 1. The number of aromatic nitrogens is 1. The first-order valence-electron chi connectivity index (χ1n) is 12.9. The van der Waals surface area contributed by atoms with Crippen LogP contribution in [0.5, 0.6) is 0 Å². The highest BCUT2D eigenvalue weighted by Gasteiger charge is 2.34. The summed E-state index contributed by atoms with van der Waals surface area (Å²) in [5.74, 6) is -1.47. The molecule has 3 heterocycles. The molecule has 0 aliphatic carbocycles. The van der Waals surface area contributed by atoms with Crippen LogP contribution in [0.4, 0.5) is 4.39 Å². The van der Waals surface area contributed by atoms with Gasteiger partial charge in [-0.3, -0.25) is 9.59 Å². The molecule has 7 nitrogen and oxygen atoms in total. The molecule has 0 bridgehead atoms. The Hall–Kier alpha value is -4.81. The number of amidine groups is 1.